The van der Waals surface area contributed by atoms with Gasteiger partial charge in [-0.1, -0.05) is 206 Å². The van der Waals surface area contributed by atoms with Crippen molar-refractivity contribution >= 4 is 94.1 Å². The van der Waals surface area contributed by atoms with Crippen LogP contribution >= 0.6 is 0 Å². The fourth-order valence-corrected chi connectivity index (χ4v) is 17.5. The summed E-state index contributed by atoms with van der Waals surface area (Å²) in [5, 5.41) is 15.3. The zero-order valence-electron chi connectivity index (χ0n) is 38.7. The number of rotatable bonds is 6. The number of aromatic nitrogens is 1. The lowest BCUT2D eigenvalue weighted by Crippen LogP contribution is -2.72. The zero-order chi connectivity index (χ0) is 46.6. The molecule has 0 unspecified atom stereocenters. The Morgan fingerprint density at radius 1 is 0.282 bits per heavy atom. The summed E-state index contributed by atoms with van der Waals surface area (Å²) in [5.41, 5.74) is 15.3. The van der Waals surface area contributed by atoms with Crippen molar-refractivity contribution in [3.63, 3.8) is 0 Å². The minimum atomic E-state index is -2.94. The molecule has 0 atom stereocenters. The van der Waals surface area contributed by atoms with Gasteiger partial charge in [0.1, 0.15) is 11.2 Å². The van der Waals surface area contributed by atoms with Crippen LogP contribution in [0.3, 0.4) is 0 Å². The molecule has 0 N–H and O–H groups in total. The third-order valence-electron chi connectivity index (χ3n) is 15.5. The number of benzene rings is 12. The van der Waals surface area contributed by atoms with Crippen LogP contribution in [0.15, 0.2) is 265 Å². The van der Waals surface area contributed by atoms with Crippen molar-refractivity contribution in [2.75, 3.05) is 0 Å². The second-order valence-corrected chi connectivity index (χ2v) is 22.9. The van der Waals surface area contributed by atoms with E-state index in [2.05, 4.69) is 259 Å². The molecule has 330 valence electrons. The van der Waals surface area contributed by atoms with Crippen LogP contribution in [0.4, 0.5) is 0 Å². The monoisotopic (exact) mass is 917 g/mol. The summed E-state index contributed by atoms with van der Waals surface area (Å²) in [6, 6.07) is 97.4. The Morgan fingerprint density at radius 2 is 0.746 bits per heavy atom. The first kappa shape index (κ1) is 39.9. The molecule has 0 aliphatic carbocycles. The highest BCUT2D eigenvalue weighted by Crippen LogP contribution is 2.41. The van der Waals surface area contributed by atoms with E-state index in [9.17, 15) is 0 Å². The molecule has 0 saturated carbocycles. The van der Waals surface area contributed by atoms with Gasteiger partial charge >= 0.3 is 0 Å². The average Bonchev–Trinajstić information content (AvgIpc) is 4.08. The Balaban J connectivity index is 0.979. The lowest BCUT2D eigenvalue weighted by molar-refractivity contribution is 0.669. The van der Waals surface area contributed by atoms with Crippen LogP contribution < -0.4 is 20.7 Å². The Morgan fingerprint density at radius 3 is 1.38 bits per heavy atom. The highest BCUT2D eigenvalue weighted by atomic mass is 28.3. The third kappa shape index (κ3) is 5.94. The lowest BCUT2D eigenvalue weighted by atomic mass is 9.95. The van der Waals surface area contributed by atoms with Crippen LogP contribution in [0.5, 0.6) is 0 Å². The van der Waals surface area contributed by atoms with E-state index in [1.807, 2.05) is 6.07 Å². The Bertz CT molecular complexity index is 4280. The second kappa shape index (κ2) is 15.5. The number of hydrogen-bond donors (Lipinski definition) is 0. The molecule has 0 amide bonds. The van der Waals surface area contributed by atoms with Gasteiger partial charge in [0.25, 0.3) is 0 Å². The quantitative estimate of drug-likeness (QED) is 0.152. The molecule has 0 bridgehead atoms. The van der Waals surface area contributed by atoms with Crippen molar-refractivity contribution in [1.29, 1.82) is 0 Å². The molecule has 3 heterocycles. The number of hydrogen-bond acceptors (Lipinski definition) is 1. The minimum Gasteiger partial charge on any atom is -0.456 e. The first-order valence-corrected chi connectivity index (χ1v) is 26.6. The van der Waals surface area contributed by atoms with Crippen LogP contribution in [-0.4, -0.2) is 12.6 Å². The fourth-order valence-electron chi connectivity index (χ4n) is 12.3. The standard InChI is InChI=1S/C68H43NOSi/c1-3-19-51(20-4-1)71(52-21-5-2-6-22-52)67-42-47(46-32-38-66-62(39-46)57-25-11-12-28-65(57)70-66)29-34-58(67)59-35-33-50(43-68(59)71)69-63-36-30-48(55-26-13-17-44-15-7-9-23-53(44)55)40-60(63)61-41-49(31-37-64(61)69)56-27-14-18-45-16-8-10-24-54(45)56/h1-43H. The molecule has 71 heavy (non-hydrogen) atoms. The first-order chi connectivity index (χ1) is 35.2. The summed E-state index contributed by atoms with van der Waals surface area (Å²) < 4.78 is 8.82. The van der Waals surface area contributed by atoms with Gasteiger partial charge in [0.15, 0.2) is 8.07 Å². The molecule has 14 aromatic rings. The SMILES string of the molecule is c1ccc([Si]2(c3ccccc3)c3cc(-c4ccc5oc6ccccc6c5c4)ccc3-c3ccc(-n4c5ccc(-c6cccc7ccccc67)cc5c5cc(-c6cccc7ccccc67)ccc54)cc32)cc1. The van der Waals surface area contributed by atoms with Crippen LogP contribution in [0.25, 0.3) is 115 Å². The highest BCUT2D eigenvalue weighted by Gasteiger charge is 2.49. The Hall–Kier alpha value is -9.02. The molecule has 0 radical (unpaired) electrons. The van der Waals surface area contributed by atoms with Gasteiger partial charge in [-0.3, -0.25) is 0 Å². The molecule has 1 aliphatic heterocycles. The van der Waals surface area contributed by atoms with Crippen LogP contribution in [-0.2, 0) is 0 Å². The lowest BCUT2D eigenvalue weighted by Gasteiger charge is -2.32. The Kier molecular flexibility index (Phi) is 8.71. The predicted octanol–water partition coefficient (Wildman–Crippen LogP) is 15.3. The maximum absolute atomic E-state index is 6.29. The van der Waals surface area contributed by atoms with Crippen molar-refractivity contribution < 1.29 is 4.42 Å². The van der Waals surface area contributed by atoms with E-state index in [0.29, 0.717) is 0 Å². The summed E-state index contributed by atoms with van der Waals surface area (Å²) in [6.45, 7) is 0. The van der Waals surface area contributed by atoms with E-state index in [-0.39, 0.29) is 0 Å². The van der Waals surface area contributed by atoms with Gasteiger partial charge in [-0.2, -0.15) is 0 Å². The fraction of sp³-hybridized carbons (Fsp3) is 0. The van der Waals surface area contributed by atoms with Gasteiger partial charge in [0.05, 0.1) is 11.0 Å². The molecule has 15 rings (SSSR count). The zero-order valence-corrected chi connectivity index (χ0v) is 39.7. The second-order valence-electron chi connectivity index (χ2n) is 19.1. The largest absolute Gasteiger partial charge is 0.456 e. The normalized spacial score (nSPS) is 12.9. The summed E-state index contributed by atoms with van der Waals surface area (Å²) >= 11 is 0. The third-order valence-corrected chi connectivity index (χ3v) is 20.3. The van der Waals surface area contributed by atoms with Gasteiger partial charge in [0.2, 0.25) is 0 Å². The molecule has 3 heteroatoms. The molecular formula is C68H43NOSi. The molecule has 2 aromatic heterocycles. The van der Waals surface area contributed by atoms with Gasteiger partial charge in [-0.15, -0.1) is 0 Å². The topological polar surface area (TPSA) is 18.1 Å². The molecule has 0 saturated heterocycles. The molecule has 0 spiro atoms. The van der Waals surface area contributed by atoms with E-state index < -0.39 is 8.07 Å². The molecule has 1 aliphatic rings. The number of para-hydroxylation sites is 1. The van der Waals surface area contributed by atoms with E-state index in [4.69, 9.17) is 4.42 Å². The number of furan rings is 1. The van der Waals surface area contributed by atoms with Crippen molar-refractivity contribution in [2.45, 2.75) is 0 Å². The smallest absolute Gasteiger partial charge is 0.180 e. The molecule has 2 nitrogen and oxygen atoms in total. The number of fused-ring (bicyclic) bond motifs is 11. The molecule has 12 aromatic carbocycles. The van der Waals surface area contributed by atoms with E-state index >= 15 is 0 Å². The van der Waals surface area contributed by atoms with Gasteiger partial charge in [-0.05, 0) is 141 Å². The first-order valence-electron chi connectivity index (χ1n) is 24.6. The minimum absolute atomic E-state index is 0.910. The summed E-state index contributed by atoms with van der Waals surface area (Å²) in [7, 11) is -2.94. The van der Waals surface area contributed by atoms with Crippen molar-refractivity contribution in [3.8, 4) is 50.2 Å². The van der Waals surface area contributed by atoms with E-state index in [1.165, 1.54) is 109 Å². The molecular weight excluding hydrogens is 875 g/mol. The molecule has 0 fully saturated rings. The number of nitrogens with zero attached hydrogens (tertiary/aromatic N) is 1. The summed E-state index contributed by atoms with van der Waals surface area (Å²) in [5.74, 6) is 0. The van der Waals surface area contributed by atoms with Gasteiger partial charge < -0.3 is 8.98 Å². The van der Waals surface area contributed by atoms with Crippen molar-refractivity contribution in [3.05, 3.63) is 261 Å². The van der Waals surface area contributed by atoms with Crippen molar-refractivity contribution in [1.82, 2.24) is 4.57 Å². The van der Waals surface area contributed by atoms with Crippen molar-refractivity contribution in [2.24, 2.45) is 0 Å². The summed E-state index contributed by atoms with van der Waals surface area (Å²) in [6.07, 6.45) is 0. The van der Waals surface area contributed by atoms with Crippen LogP contribution in [0.1, 0.15) is 0 Å². The maximum atomic E-state index is 6.29. The highest BCUT2D eigenvalue weighted by molar-refractivity contribution is 7.22. The van der Waals surface area contributed by atoms with E-state index in [1.54, 1.807) is 0 Å². The average molecular weight is 918 g/mol. The predicted molar refractivity (Wildman–Crippen MR) is 302 cm³/mol. The van der Waals surface area contributed by atoms with Gasteiger partial charge in [0, 0.05) is 27.2 Å². The van der Waals surface area contributed by atoms with Gasteiger partial charge in [-0.25, -0.2) is 0 Å². The van der Waals surface area contributed by atoms with Crippen LogP contribution in [0, 0.1) is 0 Å². The summed E-state index contributed by atoms with van der Waals surface area (Å²) in [4.78, 5) is 0. The Labute approximate surface area is 412 Å². The van der Waals surface area contributed by atoms with Crippen LogP contribution in [0.2, 0.25) is 0 Å². The van der Waals surface area contributed by atoms with E-state index in [0.717, 1.165) is 27.6 Å². The maximum Gasteiger partial charge on any atom is 0.180 e.